The van der Waals surface area contributed by atoms with Crippen molar-refractivity contribution < 1.29 is 18.7 Å². The van der Waals surface area contributed by atoms with Crippen LogP contribution in [-0.4, -0.2) is 38.0 Å². The first-order chi connectivity index (χ1) is 8.56. The van der Waals surface area contributed by atoms with E-state index in [0.717, 1.165) is 5.56 Å². The normalized spacial score (nSPS) is 10.7. The number of carbonyl (C=O) groups excluding carboxylic acids is 1. The van der Waals surface area contributed by atoms with Crippen molar-refractivity contribution in [2.45, 2.75) is 12.8 Å². The van der Waals surface area contributed by atoms with Crippen molar-refractivity contribution in [2.75, 3.05) is 20.8 Å². The molecular weight excluding hydrogens is 239 g/mol. The Balaban J connectivity index is 2.68. The van der Waals surface area contributed by atoms with Crippen molar-refractivity contribution in [2.24, 2.45) is 5.73 Å². The number of primary amides is 1. The average Bonchev–Trinajstić information content (AvgIpc) is 2.36. The molecule has 2 N–H and O–H groups in total. The molecule has 6 heteroatoms. The molecule has 5 nitrogen and oxygen atoms in total. The Kier molecular flexibility index (Phi) is 5.54. The van der Waals surface area contributed by atoms with E-state index in [1.165, 1.54) is 31.3 Å². The number of benzene rings is 1. The summed E-state index contributed by atoms with van der Waals surface area (Å²) >= 11 is 0. The minimum Gasteiger partial charge on any atom is -0.354 e. The number of ether oxygens (including phenoxy) is 2. The lowest BCUT2D eigenvalue weighted by molar-refractivity contribution is -0.111. The third-order valence-corrected chi connectivity index (χ3v) is 2.49. The predicted octanol–water partition coefficient (Wildman–Crippen LogP) is 1.33. The monoisotopic (exact) mass is 256 g/mol. The third-order valence-electron chi connectivity index (χ3n) is 2.49. The van der Waals surface area contributed by atoms with Crippen LogP contribution in [0.2, 0.25) is 0 Å². The van der Waals surface area contributed by atoms with Gasteiger partial charge < -0.3 is 20.1 Å². The number of halogens is 1. The fourth-order valence-electron chi connectivity index (χ4n) is 1.47. The molecule has 0 atom stereocenters. The van der Waals surface area contributed by atoms with Gasteiger partial charge in [-0.1, -0.05) is 12.1 Å². The molecule has 0 heterocycles. The van der Waals surface area contributed by atoms with E-state index in [1.807, 2.05) is 0 Å². The van der Waals surface area contributed by atoms with Gasteiger partial charge in [0.2, 0.25) is 0 Å². The van der Waals surface area contributed by atoms with Crippen LogP contribution < -0.4 is 5.73 Å². The van der Waals surface area contributed by atoms with Crippen molar-refractivity contribution in [3.8, 4) is 0 Å². The lowest BCUT2D eigenvalue weighted by Gasteiger charge is -2.24. The van der Waals surface area contributed by atoms with Crippen LogP contribution >= 0.6 is 0 Å². The largest absolute Gasteiger partial charge is 0.354 e. The van der Waals surface area contributed by atoms with Crippen LogP contribution in [0.5, 0.6) is 0 Å². The maximum absolute atomic E-state index is 12.8. The molecule has 0 unspecified atom stereocenters. The quantitative estimate of drug-likeness (QED) is 0.781. The van der Waals surface area contributed by atoms with Crippen LogP contribution in [0.15, 0.2) is 24.3 Å². The summed E-state index contributed by atoms with van der Waals surface area (Å²) in [6.45, 7) is 0.485. The number of hydrogen-bond acceptors (Lipinski definition) is 3. The summed E-state index contributed by atoms with van der Waals surface area (Å²) in [5.74, 6) is -0.323. The maximum Gasteiger partial charge on any atom is 0.315 e. The number of urea groups is 1. The van der Waals surface area contributed by atoms with Gasteiger partial charge >= 0.3 is 6.03 Å². The molecule has 0 saturated heterocycles. The second-order valence-corrected chi connectivity index (χ2v) is 3.75. The van der Waals surface area contributed by atoms with E-state index < -0.39 is 12.3 Å². The van der Waals surface area contributed by atoms with E-state index >= 15 is 0 Å². The van der Waals surface area contributed by atoms with Crippen LogP contribution in [0.3, 0.4) is 0 Å². The van der Waals surface area contributed by atoms with Gasteiger partial charge in [-0.05, 0) is 17.7 Å². The minimum atomic E-state index is -0.585. The van der Waals surface area contributed by atoms with E-state index in [0.29, 0.717) is 0 Å². The van der Waals surface area contributed by atoms with Gasteiger partial charge in [0, 0.05) is 20.8 Å². The first-order valence-corrected chi connectivity index (χ1v) is 5.41. The van der Waals surface area contributed by atoms with Gasteiger partial charge in [-0.15, -0.1) is 0 Å². The van der Waals surface area contributed by atoms with Gasteiger partial charge in [0.15, 0.2) is 6.29 Å². The van der Waals surface area contributed by atoms with E-state index in [9.17, 15) is 9.18 Å². The number of amides is 2. The Morgan fingerprint density at radius 3 is 2.33 bits per heavy atom. The van der Waals surface area contributed by atoms with Crippen molar-refractivity contribution in [3.63, 3.8) is 0 Å². The Hall–Kier alpha value is -1.66. The molecule has 0 bridgehead atoms. The van der Waals surface area contributed by atoms with Crippen molar-refractivity contribution in [1.82, 2.24) is 4.90 Å². The van der Waals surface area contributed by atoms with Gasteiger partial charge in [0.25, 0.3) is 0 Å². The summed E-state index contributed by atoms with van der Waals surface area (Å²) in [6, 6.07) is 5.27. The number of nitrogens with two attached hydrogens (primary N) is 1. The fourth-order valence-corrected chi connectivity index (χ4v) is 1.47. The molecule has 0 aliphatic heterocycles. The second-order valence-electron chi connectivity index (χ2n) is 3.75. The molecular formula is C12H17FN2O3. The Bertz CT molecular complexity index is 379. The second kappa shape index (κ2) is 6.93. The maximum atomic E-state index is 12.8. The summed E-state index contributed by atoms with van der Waals surface area (Å²) < 4.78 is 22.8. The molecule has 1 aromatic rings. The summed E-state index contributed by atoms with van der Waals surface area (Å²) in [5.41, 5.74) is 6.05. The topological polar surface area (TPSA) is 64.8 Å². The van der Waals surface area contributed by atoms with Crippen LogP contribution in [-0.2, 0) is 16.0 Å². The predicted molar refractivity (Wildman–Crippen MR) is 64.2 cm³/mol. The van der Waals surface area contributed by atoms with Gasteiger partial charge in [0.05, 0.1) is 6.54 Å². The molecule has 0 aliphatic rings. The molecule has 0 aliphatic carbocycles. The Labute approximate surface area is 105 Å². The van der Waals surface area contributed by atoms with Crippen LogP contribution in [0.4, 0.5) is 9.18 Å². The molecule has 18 heavy (non-hydrogen) atoms. The highest BCUT2D eigenvalue weighted by Crippen LogP contribution is 2.08. The van der Waals surface area contributed by atoms with Gasteiger partial charge in [-0.2, -0.15) is 0 Å². The summed E-state index contributed by atoms with van der Waals surface area (Å²) in [7, 11) is 2.95. The molecule has 2 amide bonds. The summed E-state index contributed by atoms with van der Waals surface area (Å²) in [5, 5.41) is 0. The highest BCUT2D eigenvalue weighted by atomic mass is 19.1. The van der Waals surface area contributed by atoms with Crippen LogP contribution in [0, 0.1) is 5.82 Å². The average molecular weight is 256 g/mol. The van der Waals surface area contributed by atoms with Crippen molar-refractivity contribution >= 4 is 6.03 Å². The zero-order valence-corrected chi connectivity index (χ0v) is 10.4. The lowest BCUT2D eigenvalue weighted by atomic mass is 10.2. The summed E-state index contributed by atoms with van der Waals surface area (Å²) in [4.78, 5) is 12.7. The Morgan fingerprint density at radius 2 is 1.89 bits per heavy atom. The molecule has 0 radical (unpaired) electrons. The number of methoxy groups -OCH3 is 2. The zero-order valence-electron chi connectivity index (χ0n) is 10.4. The summed E-state index contributed by atoms with van der Waals surface area (Å²) in [6.07, 6.45) is -0.544. The highest BCUT2D eigenvalue weighted by molar-refractivity contribution is 5.72. The van der Waals surface area contributed by atoms with Gasteiger partial charge in [-0.25, -0.2) is 9.18 Å². The molecule has 0 fully saturated rings. The van der Waals surface area contributed by atoms with Crippen LogP contribution in [0.25, 0.3) is 0 Å². The number of hydrogen-bond donors (Lipinski definition) is 1. The van der Waals surface area contributed by atoms with E-state index in [4.69, 9.17) is 15.2 Å². The smallest absolute Gasteiger partial charge is 0.315 e. The van der Waals surface area contributed by atoms with E-state index in [2.05, 4.69) is 0 Å². The fraction of sp³-hybridized carbons (Fsp3) is 0.417. The minimum absolute atomic E-state index is 0.208. The SMILES string of the molecule is COC(CN(Cc1ccc(F)cc1)C(N)=O)OC. The molecule has 1 rings (SSSR count). The molecule has 100 valence electrons. The van der Waals surface area contributed by atoms with E-state index in [-0.39, 0.29) is 18.9 Å². The standard InChI is InChI=1S/C12H17FN2O3/c1-17-11(18-2)8-15(12(14)16)7-9-3-5-10(13)6-4-9/h3-6,11H,7-8H2,1-2H3,(H2,14,16). The molecule has 1 aromatic carbocycles. The number of rotatable bonds is 6. The van der Waals surface area contributed by atoms with E-state index in [1.54, 1.807) is 12.1 Å². The van der Waals surface area contributed by atoms with Crippen LogP contribution in [0.1, 0.15) is 5.56 Å². The third kappa shape index (κ3) is 4.31. The van der Waals surface area contributed by atoms with Crippen molar-refractivity contribution in [1.29, 1.82) is 0 Å². The zero-order chi connectivity index (χ0) is 13.5. The molecule has 0 saturated carbocycles. The molecule has 0 aromatic heterocycles. The Morgan fingerprint density at radius 1 is 1.33 bits per heavy atom. The highest BCUT2D eigenvalue weighted by Gasteiger charge is 2.16. The first-order valence-electron chi connectivity index (χ1n) is 5.41. The molecule has 0 spiro atoms. The number of carbonyl (C=O) groups is 1. The van der Waals surface area contributed by atoms with Gasteiger partial charge in [0.1, 0.15) is 5.82 Å². The lowest BCUT2D eigenvalue weighted by Crippen LogP contribution is -2.41. The number of nitrogens with zero attached hydrogens (tertiary/aromatic N) is 1. The van der Waals surface area contributed by atoms with Crippen molar-refractivity contribution in [3.05, 3.63) is 35.6 Å². The first kappa shape index (κ1) is 14.4. The van der Waals surface area contributed by atoms with Gasteiger partial charge in [-0.3, -0.25) is 0 Å².